The third kappa shape index (κ3) is 2.21. The van der Waals surface area contributed by atoms with Gasteiger partial charge in [0.25, 0.3) is 0 Å². The van der Waals surface area contributed by atoms with Gasteiger partial charge in [0.1, 0.15) is 5.82 Å². The molecule has 2 aromatic rings. The molecule has 26 heavy (non-hydrogen) atoms. The summed E-state index contributed by atoms with van der Waals surface area (Å²) in [7, 11) is 0. The number of fused-ring (bicyclic) bond motifs is 7. The van der Waals surface area contributed by atoms with Crippen molar-refractivity contribution in [2.24, 2.45) is 17.8 Å². The van der Waals surface area contributed by atoms with E-state index in [1.54, 1.807) is 30.3 Å². The summed E-state index contributed by atoms with van der Waals surface area (Å²) in [5.74, 6) is 0.0598. The maximum absolute atomic E-state index is 14.7. The molecule has 3 aliphatic rings. The Kier molecular flexibility index (Phi) is 3.54. The SMILES string of the molecule is O=C([O-])c1ccc2c(c1)[C@H]1[C@H]3CC[C@H](C3)[C@H]1[C@@H](c1c(F)cccc1Cl)N2. The highest BCUT2D eigenvalue weighted by Gasteiger charge is 2.54. The van der Waals surface area contributed by atoms with Crippen LogP contribution in [0.3, 0.4) is 0 Å². The fourth-order valence-corrected chi connectivity index (χ4v) is 5.99. The number of nitrogens with one attached hydrogen (secondary N) is 1. The van der Waals surface area contributed by atoms with Crippen molar-refractivity contribution in [2.75, 3.05) is 5.32 Å². The summed E-state index contributed by atoms with van der Waals surface area (Å²) in [6.45, 7) is 0. The Labute approximate surface area is 156 Å². The molecule has 0 unspecified atom stereocenters. The Morgan fingerprint density at radius 3 is 2.77 bits per heavy atom. The van der Waals surface area contributed by atoms with Crippen LogP contribution in [0.25, 0.3) is 0 Å². The van der Waals surface area contributed by atoms with Crippen LogP contribution in [0.2, 0.25) is 5.02 Å². The normalized spacial score (nSPS) is 31.2. The van der Waals surface area contributed by atoms with Crippen LogP contribution in [0.1, 0.15) is 52.7 Å². The van der Waals surface area contributed by atoms with Crippen molar-refractivity contribution in [3.63, 3.8) is 0 Å². The van der Waals surface area contributed by atoms with Gasteiger partial charge >= 0.3 is 0 Å². The summed E-state index contributed by atoms with van der Waals surface area (Å²) in [6.07, 6.45) is 3.42. The predicted molar refractivity (Wildman–Crippen MR) is 95.6 cm³/mol. The van der Waals surface area contributed by atoms with Gasteiger partial charge in [-0.05, 0) is 78.3 Å². The number of benzene rings is 2. The standard InChI is InChI=1S/C21H19ClFNO2/c22-14-2-1-3-15(23)19(14)20-18-11-5-4-10(8-11)17(18)13-9-12(21(25)26)6-7-16(13)24-20/h1-3,6-7,9-11,17-18,20,24H,4-5,8H2,(H,25,26)/p-1/t10-,11+,17+,18+,20-/m0/s1. The first kappa shape index (κ1) is 16.1. The Morgan fingerprint density at radius 2 is 2.00 bits per heavy atom. The van der Waals surface area contributed by atoms with Crippen molar-refractivity contribution < 1.29 is 14.3 Å². The number of carbonyl (C=O) groups excluding carboxylic acids is 1. The molecule has 0 aromatic heterocycles. The lowest BCUT2D eigenvalue weighted by Crippen LogP contribution is -2.36. The zero-order valence-electron chi connectivity index (χ0n) is 14.0. The fourth-order valence-electron chi connectivity index (χ4n) is 5.71. The van der Waals surface area contributed by atoms with Crippen molar-refractivity contribution in [2.45, 2.75) is 31.2 Å². The van der Waals surface area contributed by atoms with Crippen molar-refractivity contribution in [3.8, 4) is 0 Å². The van der Waals surface area contributed by atoms with Gasteiger partial charge in [0.05, 0.1) is 12.0 Å². The Morgan fingerprint density at radius 1 is 1.19 bits per heavy atom. The fraction of sp³-hybridized carbons (Fsp3) is 0.381. The number of carbonyl (C=O) groups is 1. The van der Waals surface area contributed by atoms with Crippen LogP contribution >= 0.6 is 11.6 Å². The summed E-state index contributed by atoms with van der Waals surface area (Å²) in [6, 6.07) is 9.71. The highest BCUT2D eigenvalue weighted by atomic mass is 35.5. The summed E-state index contributed by atoms with van der Waals surface area (Å²) < 4.78 is 14.7. The van der Waals surface area contributed by atoms with Crippen LogP contribution < -0.4 is 10.4 Å². The molecule has 5 heteroatoms. The van der Waals surface area contributed by atoms with Crippen LogP contribution in [-0.2, 0) is 0 Å². The molecular formula is C21H18ClFNO2-. The van der Waals surface area contributed by atoms with Crippen LogP contribution in [0.15, 0.2) is 36.4 Å². The molecule has 0 amide bonds. The number of hydrogen-bond donors (Lipinski definition) is 1. The minimum Gasteiger partial charge on any atom is -0.545 e. The van der Waals surface area contributed by atoms with E-state index in [0.29, 0.717) is 22.4 Å². The van der Waals surface area contributed by atoms with Crippen molar-refractivity contribution in [1.29, 1.82) is 0 Å². The van der Waals surface area contributed by atoms with E-state index >= 15 is 0 Å². The first-order chi connectivity index (χ1) is 12.5. The molecular weight excluding hydrogens is 353 g/mol. The molecule has 2 fully saturated rings. The van der Waals surface area contributed by atoms with E-state index < -0.39 is 5.97 Å². The lowest BCUT2D eigenvalue weighted by molar-refractivity contribution is -0.255. The monoisotopic (exact) mass is 370 g/mol. The first-order valence-corrected chi connectivity index (χ1v) is 9.48. The number of aromatic carboxylic acids is 1. The quantitative estimate of drug-likeness (QED) is 0.864. The van der Waals surface area contributed by atoms with Gasteiger partial charge in [-0.1, -0.05) is 23.7 Å². The van der Waals surface area contributed by atoms with Gasteiger partial charge in [0.2, 0.25) is 0 Å². The second-order valence-electron chi connectivity index (χ2n) is 7.78. The van der Waals surface area contributed by atoms with Crippen LogP contribution in [0.4, 0.5) is 10.1 Å². The highest BCUT2D eigenvalue weighted by molar-refractivity contribution is 6.31. The van der Waals surface area contributed by atoms with Gasteiger partial charge in [0, 0.05) is 16.3 Å². The number of carboxylic acids is 1. The zero-order valence-corrected chi connectivity index (χ0v) is 14.8. The summed E-state index contributed by atoms with van der Waals surface area (Å²) in [5, 5.41) is 15.2. The van der Waals surface area contributed by atoms with Gasteiger partial charge in [-0.15, -0.1) is 0 Å². The van der Waals surface area contributed by atoms with Crippen molar-refractivity contribution in [3.05, 3.63) is 63.9 Å². The number of rotatable bonds is 2. The lowest BCUT2D eigenvalue weighted by Gasteiger charge is -2.44. The maximum Gasteiger partial charge on any atom is 0.129 e. The van der Waals surface area contributed by atoms with Gasteiger partial charge in [-0.2, -0.15) is 0 Å². The summed E-state index contributed by atoms with van der Waals surface area (Å²) in [4.78, 5) is 11.3. The maximum atomic E-state index is 14.7. The Balaban J connectivity index is 1.67. The number of halogens is 2. The Hall–Kier alpha value is -2.07. The van der Waals surface area contributed by atoms with E-state index in [9.17, 15) is 14.3 Å². The average molecular weight is 371 g/mol. The van der Waals surface area contributed by atoms with Crippen molar-refractivity contribution in [1.82, 2.24) is 0 Å². The van der Waals surface area contributed by atoms with E-state index in [0.717, 1.165) is 30.5 Å². The number of anilines is 1. The zero-order chi connectivity index (χ0) is 18.0. The van der Waals surface area contributed by atoms with E-state index in [4.69, 9.17) is 11.6 Å². The molecule has 3 nitrogen and oxygen atoms in total. The van der Waals surface area contributed by atoms with Crippen LogP contribution in [0, 0.1) is 23.6 Å². The van der Waals surface area contributed by atoms with Crippen LogP contribution in [-0.4, -0.2) is 5.97 Å². The number of hydrogen-bond acceptors (Lipinski definition) is 3. The van der Waals surface area contributed by atoms with E-state index in [1.807, 2.05) is 0 Å². The van der Waals surface area contributed by atoms with Gasteiger partial charge < -0.3 is 15.2 Å². The molecule has 1 heterocycles. The average Bonchev–Trinajstić information content (AvgIpc) is 3.23. The highest BCUT2D eigenvalue weighted by Crippen LogP contribution is 2.64. The molecule has 2 bridgehead atoms. The summed E-state index contributed by atoms with van der Waals surface area (Å²) in [5.41, 5.74) is 2.65. The molecule has 0 spiro atoms. The number of carboxylic acid groups (broad SMARTS) is 1. The lowest BCUT2D eigenvalue weighted by atomic mass is 9.68. The molecule has 5 atom stereocenters. The minimum absolute atomic E-state index is 0.190. The van der Waals surface area contributed by atoms with Crippen LogP contribution in [0.5, 0.6) is 0 Å². The third-order valence-corrected chi connectivity index (χ3v) is 6.96. The molecule has 1 aliphatic heterocycles. The van der Waals surface area contributed by atoms with E-state index in [-0.39, 0.29) is 29.3 Å². The topological polar surface area (TPSA) is 52.2 Å². The smallest absolute Gasteiger partial charge is 0.129 e. The largest absolute Gasteiger partial charge is 0.545 e. The van der Waals surface area contributed by atoms with E-state index in [2.05, 4.69) is 5.32 Å². The van der Waals surface area contributed by atoms with Gasteiger partial charge in [0.15, 0.2) is 0 Å². The predicted octanol–water partition coefficient (Wildman–Crippen LogP) is 4.14. The second kappa shape index (κ2) is 5.71. The molecule has 134 valence electrons. The summed E-state index contributed by atoms with van der Waals surface area (Å²) >= 11 is 6.38. The van der Waals surface area contributed by atoms with E-state index in [1.165, 1.54) is 6.07 Å². The third-order valence-electron chi connectivity index (χ3n) is 6.63. The second-order valence-corrected chi connectivity index (χ2v) is 8.19. The Bertz CT molecular complexity index is 895. The molecule has 2 saturated carbocycles. The van der Waals surface area contributed by atoms with Gasteiger partial charge in [-0.25, -0.2) is 4.39 Å². The molecule has 2 aliphatic carbocycles. The van der Waals surface area contributed by atoms with Crippen molar-refractivity contribution >= 4 is 23.3 Å². The minimum atomic E-state index is -1.16. The van der Waals surface area contributed by atoms with Gasteiger partial charge in [-0.3, -0.25) is 0 Å². The molecule has 0 radical (unpaired) electrons. The molecule has 1 N–H and O–H groups in total. The molecule has 0 saturated heterocycles. The first-order valence-electron chi connectivity index (χ1n) is 9.10. The molecule has 2 aromatic carbocycles. The molecule has 5 rings (SSSR count).